The van der Waals surface area contributed by atoms with E-state index in [1.807, 2.05) is 32.0 Å². The molecule has 1 unspecified atom stereocenters. The third-order valence-electron chi connectivity index (χ3n) is 3.17. The van der Waals surface area contributed by atoms with Crippen molar-refractivity contribution < 1.29 is 8.78 Å². The van der Waals surface area contributed by atoms with Crippen LogP contribution in [0.2, 0.25) is 5.02 Å². The van der Waals surface area contributed by atoms with Crippen molar-refractivity contribution >= 4 is 11.6 Å². The van der Waals surface area contributed by atoms with Crippen LogP contribution in [0.15, 0.2) is 36.4 Å². The molecule has 0 amide bonds. The minimum atomic E-state index is -0.853. The van der Waals surface area contributed by atoms with Gasteiger partial charge < -0.3 is 5.32 Å². The molecule has 2 rings (SSSR count). The van der Waals surface area contributed by atoms with Crippen LogP contribution < -0.4 is 5.32 Å². The van der Waals surface area contributed by atoms with Gasteiger partial charge in [-0.05, 0) is 36.7 Å². The van der Waals surface area contributed by atoms with Crippen LogP contribution in [-0.2, 0) is 0 Å². The lowest BCUT2D eigenvalue weighted by Crippen LogP contribution is -2.23. The topological polar surface area (TPSA) is 12.0 Å². The molecule has 0 aliphatic rings. The van der Waals surface area contributed by atoms with Crippen LogP contribution in [0.4, 0.5) is 8.78 Å². The Morgan fingerprint density at radius 3 is 2.55 bits per heavy atom. The Hall–Kier alpha value is -1.45. The van der Waals surface area contributed by atoms with Gasteiger partial charge in [-0.15, -0.1) is 0 Å². The average molecular weight is 296 g/mol. The number of halogens is 3. The molecule has 0 saturated heterocycles. The average Bonchev–Trinajstić information content (AvgIpc) is 2.40. The summed E-state index contributed by atoms with van der Waals surface area (Å²) >= 11 is 6.25. The van der Waals surface area contributed by atoms with Crippen molar-refractivity contribution in [2.45, 2.75) is 19.9 Å². The van der Waals surface area contributed by atoms with Crippen LogP contribution in [0.5, 0.6) is 0 Å². The van der Waals surface area contributed by atoms with Crippen LogP contribution in [0, 0.1) is 18.6 Å². The Morgan fingerprint density at radius 2 is 1.90 bits per heavy atom. The highest BCUT2D eigenvalue weighted by atomic mass is 35.5. The molecular weight excluding hydrogens is 280 g/mol. The van der Waals surface area contributed by atoms with E-state index in [1.165, 1.54) is 6.07 Å². The molecule has 1 nitrogen and oxygen atoms in total. The smallest absolute Gasteiger partial charge is 0.163 e. The largest absolute Gasteiger partial charge is 0.306 e. The molecule has 0 aromatic heterocycles. The molecular formula is C16H16ClF2N. The van der Waals surface area contributed by atoms with E-state index in [1.54, 1.807) is 6.07 Å². The standard InChI is InChI=1S/C16H16ClF2N/c1-3-20-16(11-8-7-10(2)9-13(11)17)12-5-4-6-14(18)15(12)19/h4-9,16,20H,3H2,1-2H3. The molecule has 0 fully saturated rings. The van der Waals surface area contributed by atoms with Crippen LogP contribution in [0.3, 0.4) is 0 Å². The summed E-state index contributed by atoms with van der Waals surface area (Å²) in [6.07, 6.45) is 0. The van der Waals surface area contributed by atoms with Gasteiger partial charge >= 0.3 is 0 Å². The van der Waals surface area contributed by atoms with Gasteiger partial charge in [0, 0.05) is 10.6 Å². The maximum atomic E-state index is 14.0. The van der Waals surface area contributed by atoms with E-state index in [0.717, 1.165) is 17.2 Å². The highest BCUT2D eigenvalue weighted by Gasteiger charge is 2.21. The molecule has 1 N–H and O–H groups in total. The van der Waals surface area contributed by atoms with Gasteiger partial charge in [0.1, 0.15) is 0 Å². The Kier molecular flexibility index (Phi) is 4.73. The lowest BCUT2D eigenvalue weighted by molar-refractivity contribution is 0.483. The molecule has 0 bridgehead atoms. The first-order valence-electron chi connectivity index (χ1n) is 6.48. The van der Waals surface area contributed by atoms with E-state index in [2.05, 4.69) is 5.32 Å². The minimum absolute atomic E-state index is 0.262. The summed E-state index contributed by atoms with van der Waals surface area (Å²) < 4.78 is 27.4. The van der Waals surface area contributed by atoms with Crippen LogP contribution >= 0.6 is 11.6 Å². The molecule has 106 valence electrons. The Morgan fingerprint density at radius 1 is 1.15 bits per heavy atom. The van der Waals surface area contributed by atoms with Crippen molar-refractivity contribution in [3.05, 3.63) is 69.7 Å². The summed E-state index contributed by atoms with van der Waals surface area (Å²) in [6.45, 7) is 4.46. The molecule has 0 saturated carbocycles. The molecule has 0 aliphatic carbocycles. The van der Waals surface area contributed by atoms with Crippen molar-refractivity contribution in [1.29, 1.82) is 0 Å². The van der Waals surface area contributed by atoms with Crippen molar-refractivity contribution in [2.24, 2.45) is 0 Å². The molecule has 1 atom stereocenters. The van der Waals surface area contributed by atoms with E-state index >= 15 is 0 Å². The highest BCUT2D eigenvalue weighted by Crippen LogP contribution is 2.31. The van der Waals surface area contributed by atoms with E-state index in [-0.39, 0.29) is 5.56 Å². The molecule has 0 aliphatic heterocycles. The summed E-state index contributed by atoms with van der Waals surface area (Å²) in [6, 6.07) is 9.28. The predicted octanol–water partition coefficient (Wildman–Crippen LogP) is 4.63. The van der Waals surface area contributed by atoms with Crippen molar-refractivity contribution in [3.8, 4) is 0 Å². The molecule has 0 heterocycles. The van der Waals surface area contributed by atoms with E-state index in [4.69, 9.17) is 11.6 Å². The quantitative estimate of drug-likeness (QED) is 0.867. The van der Waals surface area contributed by atoms with Gasteiger partial charge in [-0.25, -0.2) is 8.78 Å². The lowest BCUT2D eigenvalue weighted by Gasteiger charge is -2.21. The van der Waals surface area contributed by atoms with Gasteiger partial charge in [0.05, 0.1) is 6.04 Å². The first-order chi connectivity index (χ1) is 9.54. The Labute approximate surface area is 122 Å². The second-order valence-corrected chi connectivity index (χ2v) is 5.07. The van der Waals surface area contributed by atoms with Gasteiger partial charge in [0.25, 0.3) is 0 Å². The maximum Gasteiger partial charge on any atom is 0.163 e. The Balaban J connectivity index is 2.53. The fraction of sp³-hybridized carbons (Fsp3) is 0.250. The number of hydrogen-bond donors (Lipinski definition) is 1. The van der Waals surface area contributed by atoms with Crippen LogP contribution in [-0.4, -0.2) is 6.54 Å². The van der Waals surface area contributed by atoms with Gasteiger partial charge in [-0.1, -0.05) is 42.8 Å². The normalized spacial score (nSPS) is 12.4. The molecule has 2 aromatic rings. The van der Waals surface area contributed by atoms with Gasteiger partial charge in [-0.3, -0.25) is 0 Å². The van der Waals surface area contributed by atoms with Gasteiger partial charge in [-0.2, -0.15) is 0 Å². The maximum absolute atomic E-state index is 14.0. The first kappa shape index (κ1) is 14.9. The fourth-order valence-electron chi connectivity index (χ4n) is 2.20. The summed E-state index contributed by atoms with van der Waals surface area (Å²) in [5.74, 6) is -1.69. The lowest BCUT2D eigenvalue weighted by atomic mass is 9.97. The monoisotopic (exact) mass is 295 g/mol. The molecule has 2 aromatic carbocycles. The highest BCUT2D eigenvalue weighted by molar-refractivity contribution is 6.31. The van der Waals surface area contributed by atoms with Crippen LogP contribution in [0.1, 0.15) is 29.7 Å². The third-order valence-corrected chi connectivity index (χ3v) is 3.50. The molecule has 0 spiro atoms. The molecule has 20 heavy (non-hydrogen) atoms. The summed E-state index contributed by atoms with van der Waals surface area (Å²) in [4.78, 5) is 0. The Bertz CT molecular complexity index is 613. The van der Waals surface area contributed by atoms with Crippen LogP contribution in [0.25, 0.3) is 0 Å². The summed E-state index contributed by atoms with van der Waals surface area (Å²) in [7, 11) is 0. The predicted molar refractivity (Wildman–Crippen MR) is 78.1 cm³/mol. The third kappa shape index (κ3) is 3.00. The zero-order valence-electron chi connectivity index (χ0n) is 11.4. The summed E-state index contributed by atoms with van der Waals surface area (Å²) in [5.41, 5.74) is 2.02. The molecule has 0 radical (unpaired) electrons. The van der Waals surface area contributed by atoms with Crippen molar-refractivity contribution in [3.63, 3.8) is 0 Å². The first-order valence-corrected chi connectivity index (χ1v) is 6.85. The number of hydrogen-bond acceptors (Lipinski definition) is 1. The zero-order chi connectivity index (χ0) is 14.7. The number of benzene rings is 2. The second kappa shape index (κ2) is 6.33. The molecule has 4 heteroatoms. The minimum Gasteiger partial charge on any atom is -0.306 e. The summed E-state index contributed by atoms with van der Waals surface area (Å²) in [5, 5.41) is 3.69. The number of rotatable bonds is 4. The van der Waals surface area contributed by atoms with Gasteiger partial charge in [0.2, 0.25) is 0 Å². The zero-order valence-corrected chi connectivity index (χ0v) is 12.1. The SMILES string of the molecule is CCNC(c1ccc(C)cc1Cl)c1cccc(F)c1F. The van der Waals surface area contributed by atoms with Crippen molar-refractivity contribution in [2.75, 3.05) is 6.54 Å². The van der Waals surface area contributed by atoms with Gasteiger partial charge in [0.15, 0.2) is 11.6 Å². The number of aryl methyl sites for hydroxylation is 1. The number of nitrogens with one attached hydrogen (secondary N) is 1. The van der Waals surface area contributed by atoms with E-state index < -0.39 is 17.7 Å². The second-order valence-electron chi connectivity index (χ2n) is 4.66. The van der Waals surface area contributed by atoms with Crippen molar-refractivity contribution in [1.82, 2.24) is 5.32 Å². The van der Waals surface area contributed by atoms with E-state index in [9.17, 15) is 8.78 Å². The fourth-order valence-corrected chi connectivity index (χ4v) is 2.55. The van der Waals surface area contributed by atoms with E-state index in [0.29, 0.717) is 11.6 Å².